The van der Waals surface area contributed by atoms with Crippen molar-refractivity contribution in [1.29, 1.82) is 0 Å². The molecule has 0 aliphatic heterocycles. The molecule has 0 saturated heterocycles. The van der Waals surface area contributed by atoms with E-state index in [1.807, 2.05) is 54.6 Å². The SMILES string of the molecule is COC(=O)[C@@H](SCc1ccc(OC)cc1)[C@H](Cc1ccccc1)NC(=O)OC(C)(C)C. The Labute approximate surface area is 188 Å². The molecule has 1 amide bonds. The summed E-state index contributed by atoms with van der Waals surface area (Å²) >= 11 is 1.42. The number of ether oxygens (including phenoxy) is 3. The number of nitrogens with one attached hydrogen (secondary N) is 1. The molecule has 0 aliphatic carbocycles. The number of carbonyl (C=O) groups is 2. The van der Waals surface area contributed by atoms with Crippen molar-refractivity contribution >= 4 is 23.8 Å². The standard InChI is InChI=1S/C24H31NO5S/c1-24(2,3)30-23(27)25-20(15-17-9-7-6-8-10-17)21(22(26)29-5)31-16-18-11-13-19(28-4)14-12-18/h6-14,20-21H,15-16H2,1-5H3,(H,25,27)/t20-,21-/m0/s1. The summed E-state index contributed by atoms with van der Waals surface area (Å²) in [5, 5.41) is 2.28. The van der Waals surface area contributed by atoms with Crippen LogP contribution in [0.25, 0.3) is 0 Å². The van der Waals surface area contributed by atoms with Crippen LogP contribution in [0.2, 0.25) is 0 Å². The molecule has 0 aromatic heterocycles. The Morgan fingerprint density at radius 1 is 0.968 bits per heavy atom. The Kier molecular flexibility index (Phi) is 9.24. The monoisotopic (exact) mass is 445 g/mol. The first-order valence-corrected chi connectivity index (χ1v) is 11.1. The molecule has 0 unspecified atom stereocenters. The van der Waals surface area contributed by atoms with Crippen molar-refractivity contribution in [3.63, 3.8) is 0 Å². The van der Waals surface area contributed by atoms with Crippen molar-refractivity contribution in [2.75, 3.05) is 14.2 Å². The number of rotatable bonds is 9. The summed E-state index contributed by atoms with van der Waals surface area (Å²) in [6.45, 7) is 5.40. The van der Waals surface area contributed by atoms with Crippen LogP contribution >= 0.6 is 11.8 Å². The number of thioether (sulfide) groups is 1. The average molecular weight is 446 g/mol. The van der Waals surface area contributed by atoms with Gasteiger partial charge in [0.15, 0.2) is 0 Å². The van der Waals surface area contributed by atoms with E-state index >= 15 is 0 Å². The fraction of sp³-hybridized carbons (Fsp3) is 0.417. The predicted octanol–water partition coefficient (Wildman–Crippen LogP) is 4.61. The van der Waals surface area contributed by atoms with Crippen LogP contribution in [0.1, 0.15) is 31.9 Å². The summed E-state index contributed by atoms with van der Waals surface area (Å²) in [7, 11) is 2.98. The van der Waals surface area contributed by atoms with Gasteiger partial charge < -0.3 is 19.5 Å². The van der Waals surface area contributed by atoms with E-state index in [2.05, 4.69) is 5.32 Å². The summed E-state index contributed by atoms with van der Waals surface area (Å²) < 4.78 is 15.7. The average Bonchev–Trinajstić information content (AvgIpc) is 2.73. The molecule has 2 aromatic rings. The number of hydrogen-bond acceptors (Lipinski definition) is 6. The van der Waals surface area contributed by atoms with E-state index in [0.29, 0.717) is 12.2 Å². The van der Waals surface area contributed by atoms with E-state index in [9.17, 15) is 9.59 Å². The highest BCUT2D eigenvalue weighted by Gasteiger charge is 2.32. The number of benzene rings is 2. The van der Waals surface area contributed by atoms with Gasteiger partial charge in [-0.25, -0.2) is 4.79 Å². The summed E-state index contributed by atoms with van der Waals surface area (Å²) in [5.41, 5.74) is 1.40. The fourth-order valence-electron chi connectivity index (χ4n) is 2.93. The van der Waals surface area contributed by atoms with Gasteiger partial charge in [0.25, 0.3) is 0 Å². The highest BCUT2D eigenvalue weighted by Crippen LogP contribution is 2.25. The molecule has 0 aliphatic rings. The Morgan fingerprint density at radius 3 is 2.16 bits per heavy atom. The number of hydrogen-bond donors (Lipinski definition) is 1. The lowest BCUT2D eigenvalue weighted by atomic mass is 10.0. The van der Waals surface area contributed by atoms with E-state index in [1.54, 1.807) is 27.9 Å². The minimum absolute atomic E-state index is 0.393. The molecule has 31 heavy (non-hydrogen) atoms. The Morgan fingerprint density at radius 2 is 1.61 bits per heavy atom. The molecule has 2 aromatic carbocycles. The van der Waals surface area contributed by atoms with E-state index < -0.39 is 29.0 Å². The third-order valence-electron chi connectivity index (χ3n) is 4.39. The topological polar surface area (TPSA) is 73.9 Å². The number of alkyl carbamates (subject to hydrolysis) is 1. The number of carbonyl (C=O) groups excluding carboxylic acids is 2. The minimum atomic E-state index is -0.640. The van der Waals surface area contributed by atoms with Gasteiger partial charge in [0, 0.05) is 5.75 Å². The smallest absolute Gasteiger partial charge is 0.407 e. The minimum Gasteiger partial charge on any atom is -0.497 e. The van der Waals surface area contributed by atoms with Crippen molar-refractivity contribution in [3.8, 4) is 5.75 Å². The zero-order chi connectivity index (χ0) is 22.9. The van der Waals surface area contributed by atoms with Crippen LogP contribution in [-0.4, -0.2) is 43.2 Å². The second-order valence-electron chi connectivity index (χ2n) is 8.05. The van der Waals surface area contributed by atoms with Crippen LogP contribution in [0, 0.1) is 0 Å². The van der Waals surface area contributed by atoms with Crippen molar-refractivity contribution in [2.45, 2.75) is 49.8 Å². The first-order valence-electron chi connectivity index (χ1n) is 10.1. The van der Waals surface area contributed by atoms with Gasteiger partial charge in [-0.05, 0) is 50.5 Å². The van der Waals surface area contributed by atoms with Gasteiger partial charge >= 0.3 is 12.1 Å². The lowest BCUT2D eigenvalue weighted by molar-refractivity contribution is -0.140. The third-order valence-corrected chi connectivity index (χ3v) is 5.77. The van der Waals surface area contributed by atoms with Crippen LogP contribution in [0.3, 0.4) is 0 Å². The maximum atomic E-state index is 12.7. The van der Waals surface area contributed by atoms with Crippen LogP contribution in [0.5, 0.6) is 5.75 Å². The summed E-state index contributed by atoms with van der Waals surface area (Å²) in [6.07, 6.45) is -0.0949. The number of methoxy groups -OCH3 is 2. The van der Waals surface area contributed by atoms with Crippen LogP contribution in [0.4, 0.5) is 4.79 Å². The predicted molar refractivity (Wildman–Crippen MR) is 123 cm³/mol. The molecule has 7 heteroatoms. The molecule has 1 N–H and O–H groups in total. The third kappa shape index (κ3) is 8.53. The van der Waals surface area contributed by atoms with Gasteiger partial charge in [-0.1, -0.05) is 42.5 Å². The lowest BCUT2D eigenvalue weighted by Crippen LogP contribution is -2.48. The molecular formula is C24H31NO5S. The summed E-state index contributed by atoms with van der Waals surface area (Å²) in [5.74, 6) is 0.952. The molecule has 0 heterocycles. The van der Waals surface area contributed by atoms with Crippen molar-refractivity contribution in [3.05, 3.63) is 65.7 Å². The van der Waals surface area contributed by atoms with E-state index in [4.69, 9.17) is 14.2 Å². The first-order chi connectivity index (χ1) is 14.7. The normalized spacial score (nSPS) is 13.1. The molecule has 0 spiro atoms. The molecular weight excluding hydrogens is 414 g/mol. The second kappa shape index (κ2) is 11.6. The van der Waals surface area contributed by atoms with Gasteiger partial charge in [-0.2, -0.15) is 0 Å². The molecule has 0 saturated carbocycles. The van der Waals surface area contributed by atoms with Gasteiger partial charge in [0.1, 0.15) is 16.6 Å². The molecule has 2 atom stereocenters. The molecule has 168 valence electrons. The summed E-state index contributed by atoms with van der Waals surface area (Å²) in [6, 6.07) is 16.9. The quantitative estimate of drug-likeness (QED) is 0.569. The first kappa shape index (κ1) is 24.6. The molecule has 0 fully saturated rings. The Bertz CT molecular complexity index is 833. The van der Waals surface area contributed by atoms with Gasteiger partial charge in [0.05, 0.1) is 20.3 Å². The molecule has 2 rings (SSSR count). The van der Waals surface area contributed by atoms with Crippen LogP contribution in [-0.2, 0) is 26.4 Å². The van der Waals surface area contributed by atoms with E-state index in [1.165, 1.54) is 18.9 Å². The zero-order valence-electron chi connectivity index (χ0n) is 18.7. The van der Waals surface area contributed by atoms with Gasteiger partial charge in [-0.3, -0.25) is 4.79 Å². The van der Waals surface area contributed by atoms with Crippen molar-refractivity contribution < 1.29 is 23.8 Å². The Balaban J connectivity index is 2.21. The zero-order valence-corrected chi connectivity index (χ0v) is 19.5. The van der Waals surface area contributed by atoms with Crippen LogP contribution in [0.15, 0.2) is 54.6 Å². The van der Waals surface area contributed by atoms with Gasteiger partial charge in [-0.15, -0.1) is 11.8 Å². The molecule has 0 bridgehead atoms. The van der Waals surface area contributed by atoms with Crippen molar-refractivity contribution in [1.82, 2.24) is 5.32 Å². The highest BCUT2D eigenvalue weighted by molar-refractivity contribution is 7.99. The van der Waals surface area contributed by atoms with Crippen LogP contribution < -0.4 is 10.1 Å². The second-order valence-corrected chi connectivity index (χ2v) is 9.18. The maximum Gasteiger partial charge on any atom is 0.407 e. The summed E-state index contributed by atoms with van der Waals surface area (Å²) in [4.78, 5) is 25.2. The number of amides is 1. The largest absolute Gasteiger partial charge is 0.497 e. The van der Waals surface area contributed by atoms with Crippen molar-refractivity contribution in [2.24, 2.45) is 0 Å². The highest BCUT2D eigenvalue weighted by atomic mass is 32.2. The number of esters is 1. The fourth-order valence-corrected chi connectivity index (χ4v) is 4.13. The van der Waals surface area contributed by atoms with Gasteiger partial charge in [0.2, 0.25) is 0 Å². The molecule has 0 radical (unpaired) electrons. The maximum absolute atomic E-state index is 12.7. The lowest BCUT2D eigenvalue weighted by Gasteiger charge is -2.28. The molecule has 6 nitrogen and oxygen atoms in total. The van der Waals surface area contributed by atoms with E-state index in [0.717, 1.165) is 16.9 Å². The Hall–Kier alpha value is -2.67. The van der Waals surface area contributed by atoms with E-state index in [-0.39, 0.29) is 0 Å².